The molecule has 0 spiro atoms. The molecule has 0 saturated carbocycles. The van der Waals surface area contributed by atoms with Crippen LogP contribution in [0.25, 0.3) is 11.4 Å². The highest BCUT2D eigenvalue weighted by Crippen LogP contribution is 2.17. The van der Waals surface area contributed by atoms with Gasteiger partial charge in [0.15, 0.2) is 0 Å². The molecule has 8 heteroatoms. The van der Waals surface area contributed by atoms with E-state index in [1.54, 1.807) is 12.5 Å². The number of furan rings is 1. The van der Waals surface area contributed by atoms with Crippen LogP contribution in [0.5, 0.6) is 0 Å². The van der Waals surface area contributed by atoms with Crippen molar-refractivity contribution in [1.29, 1.82) is 0 Å². The summed E-state index contributed by atoms with van der Waals surface area (Å²) in [5.41, 5.74) is 0.839. The summed E-state index contributed by atoms with van der Waals surface area (Å²) in [6.45, 7) is 8.68. The number of aromatic nitrogens is 4. The standard InChI is InChI=1S/C17H22N6O2/c1-2-23-5-4-18-15(23)11-21-6-8-22(9-7-21)12-16-19-17(20-25-16)14-3-10-24-13-14/h3-5,10,13H,2,6-9,11-12H2,1H3. The molecule has 132 valence electrons. The molecule has 0 bridgehead atoms. The molecule has 0 aromatic carbocycles. The Morgan fingerprint density at radius 3 is 2.64 bits per heavy atom. The maximum atomic E-state index is 5.36. The Morgan fingerprint density at radius 2 is 1.92 bits per heavy atom. The van der Waals surface area contributed by atoms with Gasteiger partial charge in [-0.15, -0.1) is 0 Å². The van der Waals surface area contributed by atoms with Crippen molar-refractivity contribution in [3.8, 4) is 11.4 Å². The van der Waals surface area contributed by atoms with Crippen LogP contribution in [0.1, 0.15) is 18.6 Å². The summed E-state index contributed by atoms with van der Waals surface area (Å²) < 4.78 is 12.6. The monoisotopic (exact) mass is 342 g/mol. The van der Waals surface area contributed by atoms with Crippen LogP contribution in [0.3, 0.4) is 0 Å². The predicted octanol–water partition coefficient (Wildman–Crippen LogP) is 1.86. The van der Waals surface area contributed by atoms with Crippen LogP contribution in [0, 0.1) is 0 Å². The third-order valence-corrected chi connectivity index (χ3v) is 4.58. The summed E-state index contributed by atoms with van der Waals surface area (Å²) in [6.07, 6.45) is 7.14. The van der Waals surface area contributed by atoms with Gasteiger partial charge in [-0.05, 0) is 13.0 Å². The first kappa shape index (κ1) is 16.0. The van der Waals surface area contributed by atoms with E-state index in [-0.39, 0.29) is 0 Å². The van der Waals surface area contributed by atoms with Crippen molar-refractivity contribution in [3.05, 3.63) is 42.7 Å². The topological polar surface area (TPSA) is 76.4 Å². The van der Waals surface area contributed by atoms with Crippen molar-refractivity contribution in [2.45, 2.75) is 26.6 Å². The van der Waals surface area contributed by atoms with E-state index in [1.807, 2.05) is 18.5 Å². The fourth-order valence-electron chi connectivity index (χ4n) is 3.10. The molecule has 1 aliphatic rings. The number of rotatable bonds is 6. The second-order valence-corrected chi connectivity index (χ2v) is 6.21. The summed E-state index contributed by atoms with van der Waals surface area (Å²) in [5, 5.41) is 4.01. The molecule has 4 rings (SSSR count). The Morgan fingerprint density at radius 1 is 1.12 bits per heavy atom. The third kappa shape index (κ3) is 3.64. The first-order valence-corrected chi connectivity index (χ1v) is 8.61. The molecule has 0 atom stereocenters. The Bertz CT molecular complexity index is 786. The smallest absolute Gasteiger partial charge is 0.241 e. The summed E-state index contributed by atoms with van der Waals surface area (Å²) in [5.74, 6) is 2.36. The molecule has 8 nitrogen and oxygen atoms in total. The molecule has 1 aliphatic heterocycles. The second-order valence-electron chi connectivity index (χ2n) is 6.21. The molecule has 0 aliphatic carbocycles. The molecule has 0 N–H and O–H groups in total. The largest absolute Gasteiger partial charge is 0.472 e. The lowest BCUT2D eigenvalue weighted by atomic mass is 10.3. The van der Waals surface area contributed by atoms with E-state index >= 15 is 0 Å². The van der Waals surface area contributed by atoms with E-state index in [0.29, 0.717) is 18.3 Å². The van der Waals surface area contributed by atoms with Gasteiger partial charge in [-0.3, -0.25) is 9.80 Å². The molecule has 4 heterocycles. The zero-order chi connectivity index (χ0) is 17.1. The normalized spacial score (nSPS) is 16.5. The number of imidazole rings is 1. The van der Waals surface area contributed by atoms with Crippen LogP contribution < -0.4 is 0 Å². The summed E-state index contributed by atoms with van der Waals surface area (Å²) in [6, 6.07) is 1.83. The summed E-state index contributed by atoms with van der Waals surface area (Å²) >= 11 is 0. The molecular weight excluding hydrogens is 320 g/mol. The maximum Gasteiger partial charge on any atom is 0.241 e. The van der Waals surface area contributed by atoms with Crippen LogP contribution in [0.15, 0.2) is 39.9 Å². The van der Waals surface area contributed by atoms with Crippen LogP contribution in [0.2, 0.25) is 0 Å². The minimum absolute atomic E-state index is 0.578. The zero-order valence-corrected chi connectivity index (χ0v) is 14.3. The predicted molar refractivity (Wildman–Crippen MR) is 90.5 cm³/mol. The lowest BCUT2D eigenvalue weighted by molar-refractivity contribution is 0.109. The van der Waals surface area contributed by atoms with Crippen molar-refractivity contribution in [2.24, 2.45) is 0 Å². The van der Waals surface area contributed by atoms with Crippen LogP contribution >= 0.6 is 0 Å². The van der Waals surface area contributed by atoms with Gasteiger partial charge in [0.1, 0.15) is 12.1 Å². The number of piperazine rings is 1. The average Bonchev–Trinajstić information content (AvgIpc) is 3.38. The average molecular weight is 342 g/mol. The van der Waals surface area contributed by atoms with Crippen LogP contribution in [0.4, 0.5) is 0 Å². The van der Waals surface area contributed by atoms with Gasteiger partial charge in [-0.25, -0.2) is 4.98 Å². The van der Waals surface area contributed by atoms with E-state index in [2.05, 4.69) is 36.4 Å². The van der Waals surface area contributed by atoms with Gasteiger partial charge >= 0.3 is 0 Å². The molecule has 25 heavy (non-hydrogen) atoms. The van der Waals surface area contributed by atoms with Crippen molar-refractivity contribution in [2.75, 3.05) is 26.2 Å². The van der Waals surface area contributed by atoms with Gasteiger partial charge in [0, 0.05) is 45.1 Å². The van der Waals surface area contributed by atoms with Gasteiger partial charge in [-0.2, -0.15) is 4.98 Å². The van der Waals surface area contributed by atoms with Gasteiger partial charge < -0.3 is 13.5 Å². The highest BCUT2D eigenvalue weighted by atomic mass is 16.5. The summed E-state index contributed by atoms with van der Waals surface area (Å²) in [4.78, 5) is 13.7. The molecule has 0 radical (unpaired) electrons. The third-order valence-electron chi connectivity index (χ3n) is 4.58. The number of nitrogens with zero attached hydrogens (tertiary/aromatic N) is 6. The van der Waals surface area contributed by atoms with Crippen molar-refractivity contribution < 1.29 is 8.94 Å². The lowest BCUT2D eigenvalue weighted by Gasteiger charge is -2.33. The summed E-state index contributed by atoms with van der Waals surface area (Å²) in [7, 11) is 0. The molecule has 3 aromatic heterocycles. The Labute approximate surface area is 146 Å². The van der Waals surface area contributed by atoms with E-state index in [9.17, 15) is 0 Å². The number of hydrogen-bond donors (Lipinski definition) is 0. The molecule has 3 aromatic rings. The zero-order valence-electron chi connectivity index (χ0n) is 14.3. The number of aryl methyl sites for hydroxylation is 1. The number of hydrogen-bond acceptors (Lipinski definition) is 7. The molecule has 1 fully saturated rings. The SMILES string of the molecule is CCn1ccnc1CN1CCN(Cc2nc(-c3ccoc3)no2)CC1. The first-order valence-electron chi connectivity index (χ1n) is 8.61. The molecule has 0 amide bonds. The highest BCUT2D eigenvalue weighted by Gasteiger charge is 2.20. The van der Waals surface area contributed by atoms with E-state index in [1.165, 1.54) is 0 Å². The van der Waals surface area contributed by atoms with Crippen LogP contribution in [-0.2, 0) is 19.6 Å². The van der Waals surface area contributed by atoms with E-state index in [0.717, 1.165) is 50.7 Å². The molecular formula is C17H22N6O2. The Hall–Kier alpha value is -2.45. The fraction of sp³-hybridized carbons (Fsp3) is 0.471. The first-order chi connectivity index (χ1) is 12.3. The van der Waals surface area contributed by atoms with Gasteiger partial charge in [0.05, 0.1) is 24.9 Å². The van der Waals surface area contributed by atoms with Crippen molar-refractivity contribution >= 4 is 0 Å². The Kier molecular flexibility index (Phi) is 4.62. The molecule has 0 unspecified atom stereocenters. The highest BCUT2D eigenvalue weighted by molar-refractivity contribution is 5.51. The minimum Gasteiger partial charge on any atom is -0.472 e. The minimum atomic E-state index is 0.578. The van der Waals surface area contributed by atoms with Crippen molar-refractivity contribution in [1.82, 2.24) is 29.5 Å². The van der Waals surface area contributed by atoms with Gasteiger partial charge in [0.25, 0.3) is 0 Å². The van der Waals surface area contributed by atoms with E-state index < -0.39 is 0 Å². The second kappa shape index (κ2) is 7.20. The fourth-order valence-corrected chi connectivity index (χ4v) is 3.10. The van der Waals surface area contributed by atoms with Crippen molar-refractivity contribution in [3.63, 3.8) is 0 Å². The molecule has 1 saturated heterocycles. The van der Waals surface area contributed by atoms with Gasteiger partial charge in [-0.1, -0.05) is 5.16 Å². The quantitative estimate of drug-likeness (QED) is 0.677. The Balaban J connectivity index is 1.29. The maximum absolute atomic E-state index is 5.36. The van der Waals surface area contributed by atoms with Crippen LogP contribution in [-0.4, -0.2) is 55.7 Å². The van der Waals surface area contributed by atoms with Gasteiger partial charge in [0.2, 0.25) is 11.7 Å². The lowest BCUT2D eigenvalue weighted by Crippen LogP contribution is -2.45. The van der Waals surface area contributed by atoms with E-state index in [4.69, 9.17) is 8.94 Å².